The van der Waals surface area contributed by atoms with Crippen LogP contribution in [-0.4, -0.2) is 30.5 Å². The molecule has 0 unspecified atom stereocenters. The predicted molar refractivity (Wildman–Crippen MR) is 89.4 cm³/mol. The second kappa shape index (κ2) is 9.02. The van der Waals surface area contributed by atoms with Crippen molar-refractivity contribution < 1.29 is 13.9 Å². The molecule has 0 spiro atoms. The predicted octanol–water partition coefficient (Wildman–Crippen LogP) is 4.02. The van der Waals surface area contributed by atoms with Gasteiger partial charge in [-0.1, -0.05) is 26.0 Å². The van der Waals surface area contributed by atoms with Gasteiger partial charge in [0.15, 0.2) is 0 Å². The van der Waals surface area contributed by atoms with Gasteiger partial charge in [-0.15, -0.1) is 0 Å². The molecule has 1 aromatic rings. The van der Waals surface area contributed by atoms with Gasteiger partial charge in [-0.05, 0) is 48.8 Å². The normalized spacial score (nSPS) is 16.1. The zero-order valence-corrected chi connectivity index (χ0v) is 14.3. The van der Waals surface area contributed by atoms with Crippen LogP contribution in [0.5, 0.6) is 0 Å². The Morgan fingerprint density at radius 3 is 2.52 bits per heavy atom. The van der Waals surface area contributed by atoms with E-state index in [0.29, 0.717) is 30.8 Å². The van der Waals surface area contributed by atoms with Gasteiger partial charge in [-0.25, -0.2) is 4.39 Å². The molecule has 0 atom stereocenters. The van der Waals surface area contributed by atoms with Crippen LogP contribution in [0.4, 0.5) is 4.39 Å². The van der Waals surface area contributed by atoms with Crippen molar-refractivity contribution in [1.82, 2.24) is 4.90 Å². The molecule has 3 nitrogen and oxygen atoms in total. The molecule has 1 aliphatic rings. The van der Waals surface area contributed by atoms with E-state index in [2.05, 4.69) is 13.8 Å². The third-order valence-electron chi connectivity index (χ3n) is 4.40. The highest BCUT2D eigenvalue weighted by Crippen LogP contribution is 2.21. The van der Waals surface area contributed by atoms with Gasteiger partial charge in [0.1, 0.15) is 5.82 Å². The van der Waals surface area contributed by atoms with Crippen LogP contribution >= 0.6 is 0 Å². The number of amides is 1. The van der Waals surface area contributed by atoms with Gasteiger partial charge in [-0.3, -0.25) is 4.79 Å². The first-order valence-electron chi connectivity index (χ1n) is 8.64. The maximum atomic E-state index is 12.8. The Hall–Kier alpha value is -1.42. The minimum atomic E-state index is -0.215. The number of halogens is 1. The van der Waals surface area contributed by atoms with Crippen molar-refractivity contribution in [2.75, 3.05) is 19.7 Å². The highest BCUT2D eigenvalue weighted by atomic mass is 19.1. The van der Waals surface area contributed by atoms with Gasteiger partial charge < -0.3 is 9.64 Å². The Morgan fingerprint density at radius 2 is 1.91 bits per heavy atom. The SMILES string of the molecule is CC(C)CC(=O)N1CCC(CCOCc2ccc(F)cc2)CC1. The summed E-state index contributed by atoms with van der Waals surface area (Å²) in [6.45, 7) is 7.20. The molecule has 0 N–H and O–H groups in total. The van der Waals surface area contributed by atoms with Gasteiger partial charge in [0.2, 0.25) is 5.91 Å². The Balaban J connectivity index is 1.59. The van der Waals surface area contributed by atoms with E-state index in [9.17, 15) is 9.18 Å². The standard InChI is InChI=1S/C19H28FNO2/c1-15(2)13-19(22)21-10-7-16(8-11-21)9-12-23-14-17-3-5-18(20)6-4-17/h3-6,15-16H,7-14H2,1-2H3. The Morgan fingerprint density at radius 1 is 1.26 bits per heavy atom. The number of likely N-dealkylation sites (tertiary alicyclic amines) is 1. The lowest BCUT2D eigenvalue weighted by molar-refractivity contribution is -0.133. The average Bonchev–Trinajstić information content (AvgIpc) is 2.53. The lowest BCUT2D eigenvalue weighted by atomic mass is 9.93. The lowest BCUT2D eigenvalue weighted by Gasteiger charge is -2.32. The number of rotatable bonds is 7. The number of benzene rings is 1. The van der Waals surface area contributed by atoms with E-state index in [-0.39, 0.29) is 5.82 Å². The van der Waals surface area contributed by atoms with E-state index < -0.39 is 0 Å². The van der Waals surface area contributed by atoms with Gasteiger partial charge in [0.05, 0.1) is 6.61 Å². The van der Waals surface area contributed by atoms with Gasteiger partial charge in [0.25, 0.3) is 0 Å². The van der Waals surface area contributed by atoms with Crippen molar-refractivity contribution in [2.24, 2.45) is 11.8 Å². The van der Waals surface area contributed by atoms with Crippen LogP contribution in [0.2, 0.25) is 0 Å². The minimum absolute atomic E-state index is 0.215. The van der Waals surface area contributed by atoms with Crippen molar-refractivity contribution >= 4 is 5.91 Å². The van der Waals surface area contributed by atoms with E-state index >= 15 is 0 Å². The topological polar surface area (TPSA) is 29.5 Å². The van der Waals surface area contributed by atoms with Crippen LogP contribution in [0.3, 0.4) is 0 Å². The maximum absolute atomic E-state index is 12.8. The Bertz CT molecular complexity index is 479. The van der Waals surface area contributed by atoms with Crippen LogP contribution in [0.1, 0.15) is 45.1 Å². The fourth-order valence-electron chi connectivity index (χ4n) is 2.97. The zero-order valence-electron chi connectivity index (χ0n) is 14.3. The summed E-state index contributed by atoms with van der Waals surface area (Å²) in [6, 6.07) is 6.44. The number of carbonyl (C=O) groups excluding carboxylic acids is 1. The Kier molecular flexibility index (Phi) is 7.03. The third-order valence-corrected chi connectivity index (χ3v) is 4.40. The van der Waals surface area contributed by atoms with E-state index in [0.717, 1.165) is 44.5 Å². The number of piperidine rings is 1. The first-order valence-corrected chi connectivity index (χ1v) is 8.64. The fourth-order valence-corrected chi connectivity index (χ4v) is 2.97. The molecule has 1 aromatic carbocycles. The molecule has 0 aliphatic carbocycles. The van der Waals surface area contributed by atoms with Crippen LogP contribution in [0.25, 0.3) is 0 Å². The number of ether oxygens (including phenoxy) is 1. The maximum Gasteiger partial charge on any atom is 0.222 e. The summed E-state index contributed by atoms with van der Waals surface area (Å²) < 4.78 is 18.5. The second-order valence-electron chi connectivity index (χ2n) is 6.89. The average molecular weight is 321 g/mol. The summed E-state index contributed by atoms with van der Waals surface area (Å²) in [5.74, 6) is 1.16. The largest absolute Gasteiger partial charge is 0.377 e. The first-order chi connectivity index (χ1) is 11.0. The number of nitrogens with zero attached hydrogens (tertiary/aromatic N) is 1. The molecular weight excluding hydrogens is 293 g/mol. The zero-order chi connectivity index (χ0) is 16.7. The molecule has 128 valence electrons. The molecule has 23 heavy (non-hydrogen) atoms. The molecule has 0 saturated carbocycles. The molecule has 2 rings (SSSR count). The van der Waals surface area contributed by atoms with E-state index in [4.69, 9.17) is 4.74 Å². The summed E-state index contributed by atoms with van der Waals surface area (Å²) in [5, 5.41) is 0. The Labute approximate surface area is 138 Å². The van der Waals surface area contributed by atoms with Crippen molar-refractivity contribution in [3.63, 3.8) is 0 Å². The summed E-state index contributed by atoms with van der Waals surface area (Å²) in [6.07, 6.45) is 3.84. The lowest BCUT2D eigenvalue weighted by Crippen LogP contribution is -2.39. The van der Waals surface area contributed by atoms with Gasteiger partial charge in [0, 0.05) is 26.1 Å². The van der Waals surface area contributed by atoms with Crippen molar-refractivity contribution in [2.45, 2.75) is 46.1 Å². The smallest absolute Gasteiger partial charge is 0.222 e. The molecule has 0 bridgehead atoms. The molecule has 0 aromatic heterocycles. The number of carbonyl (C=O) groups is 1. The molecule has 4 heteroatoms. The van der Waals surface area contributed by atoms with Crippen molar-refractivity contribution in [3.8, 4) is 0 Å². The highest BCUT2D eigenvalue weighted by Gasteiger charge is 2.22. The van der Waals surface area contributed by atoms with E-state index in [1.54, 1.807) is 12.1 Å². The summed E-state index contributed by atoms with van der Waals surface area (Å²) in [5.41, 5.74) is 1.00. The van der Waals surface area contributed by atoms with Crippen LogP contribution in [0, 0.1) is 17.7 Å². The third kappa shape index (κ3) is 6.30. The van der Waals surface area contributed by atoms with Crippen LogP contribution in [-0.2, 0) is 16.1 Å². The summed E-state index contributed by atoms with van der Waals surface area (Å²) >= 11 is 0. The van der Waals surface area contributed by atoms with Crippen molar-refractivity contribution in [3.05, 3.63) is 35.6 Å². The summed E-state index contributed by atoms with van der Waals surface area (Å²) in [7, 11) is 0. The van der Waals surface area contributed by atoms with Gasteiger partial charge >= 0.3 is 0 Å². The number of hydrogen-bond donors (Lipinski definition) is 0. The fraction of sp³-hybridized carbons (Fsp3) is 0.632. The van der Waals surface area contributed by atoms with Crippen LogP contribution < -0.4 is 0 Å². The van der Waals surface area contributed by atoms with Crippen LogP contribution in [0.15, 0.2) is 24.3 Å². The summed E-state index contributed by atoms with van der Waals surface area (Å²) in [4.78, 5) is 14.0. The molecule has 1 heterocycles. The molecule has 1 fully saturated rings. The highest BCUT2D eigenvalue weighted by molar-refractivity contribution is 5.76. The second-order valence-corrected chi connectivity index (χ2v) is 6.89. The molecular formula is C19H28FNO2. The molecule has 1 amide bonds. The minimum Gasteiger partial charge on any atom is -0.377 e. The van der Waals surface area contributed by atoms with E-state index in [1.165, 1.54) is 12.1 Å². The monoisotopic (exact) mass is 321 g/mol. The molecule has 0 radical (unpaired) electrons. The van der Waals surface area contributed by atoms with Gasteiger partial charge in [-0.2, -0.15) is 0 Å². The quantitative estimate of drug-likeness (QED) is 0.710. The number of hydrogen-bond acceptors (Lipinski definition) is 2. The van der Waals surface area contributed by atoms with E-state index in [1.807, 2.05) is 4.90 Å². The van der Waals surface area contributed by atoms with Crippen molar-refractivity contribution in [1.29, 1.82) is 0 Å². The molecule has 1 aliphatic heterocycles. The molecule has 1 saturated heterocycles. The first kappa shape index (κ1) is 17.9.